The molecule has 25 heavy (non-hydrogen) atoms. The molecule has 2 rings (SSSR count). The Bertz CT molecular complexity index is 612. The minimum atomic E-state index is -0.407. The Morgan fingerprint density at radius 1 is 1.08 bits per heavy atom. The molecule has 1 aromatic rings. The van der Waals surface area contributed by atoms with Gasteiger partial charge in [0, 0.05) is 15.7 Å². The zero-order valence-corrected chi connectivity index (χ0v) is 16.4. The molecule has 0 spiro atoms. The fraction of sp³-hybridized carbons (Fsp3) is 0.579. The van der Waals surface area contributed by atoms with Gasteiger partial charge in [-0.3, -0.25) is 9.59 Å². The van der Waals surface area contributed by atoms with Crippen molar-refractivity contribution in [2.24, 2.45) is 17.3 Å². The Morgan fingerprint density at radius 2 is 1.64 bits per heavy atom. The molecule has 0 heterocycles. The van der Waals surface area contributed by atoms with Crippen molar-refractivity contribution in [2.75, 3.05) is 11.9 Å². The van der Waals surface area contributed by atoms with E-state index < -0.39 is 5.91 Å². The molecule has 4 nitrogen and oxygen atoms in total. The summed E-state index contributed by atoms with van der Waals surface area (Å²) in [5, 5.41) is 3.48. The van der Waals surface area contributed by atoms with E-state index in [2.05, 4.69) is 26.1 Å². The van der Waals surface area contributed by atoms with Gasteiger partial charge in [0.25, 0.3) is 5.91 Å². The molecule has 1 amide bonds. The van der Waals surface area contributed by atoms with E-state index >= 15 is 0 Å². The lowest BCUT2D eigenvalue weighted by Crippen LogP contribution is -2.31. The van der Waals surface area contributed by atoms with Gasteiger partial charge < -0.3 is 10.1 Å². The van der Waals surface area contributed by atoms with Crippen LogP contribution in [-0.4, -0.2) is 18.5 Å². The van der Waals surface area contributed by atoms with Gasteiger partial charge in [0.05, 0.1) is 5.92 Å². The predicted octanol–water partition coefficient (Wildman–Crippen LogP) is 5.33. The summed E-state index contributed by atoms with van der Waals surface area (Å²) in [4.78, 5) is 24.1. The summed E-state index contributed by atoms with van der Waals surface area (Å²) in [5.41, 5.74) is 0.747. The van der Waals surface area contributed by atoms with Crippen LogP contribution in [-0.2, 0) is 14.3 Å². The standard InChI is InChI=1S/C19H25Cl2NO3/c1-19(2,3)13-6-4-12(5-7-13)18(24)25-11-17(23)22-16-9-14(20)8-15(21)10-16/h8-10,12-13H,4-7,11H2,1-3H3,(H,22,23). The minimum Gasteiger partial charge on any atom is -0.455 e. The monoisotopic (exact) mass is 385 g/mol. The van der Waals surface area contributed by atoms with Crippen molar-refractivity contribution < 1.29 is 14.3 Å². The summed E-state index contributed by atoms with van der Waals surface area (Å²) in [5.74, 6) is -0.166. The number of carbonyl (C=O) groups is 2. The predicted molar refractivity (Wildman–Crippen MR) is 101 cm³/mol. The molecular formula is C19H25Cl2NO3. The number of hydrogen-bond donors (Lipinski definition) is 1. The molecule has 0 aromatic heterocycles. The van der Waals surface area contributed by atoms with E-state index in [1.807, 2.05) is 0 Å². The second kappa shape index (κ2) is 8.41. The van der Waals surface area contributed by atoms with Crippen molar-refractivity contribution in [3.63, 3.8) is 0 Å². The zero-order chi connectivity index (χ0) is 18.6. The molecule has 1 saturated carbocycles. The molecule has 138 valence electrons. The van der Waals surface area contributed by atoms with Crippen molar-refractivity contribution in [1.29, 1.82) is 0 Å². The van der Waals surface area contributed by atoms with Gasteiger partial charge in [-0.2, -0.15) is 0 Å². The van der Waals surface area contributed by atoms with Crippen molar-refractivity contribution in [2.45, 2.75) is 46.5 Å². The third-order valence-electron chi connectivity index (χ3n) is 4.78. The lowest BCUT2D eigenvalue weighted by molar-refractivity contribution is -0.153. The van der Waals surface area contributed by atoms with Crippen LogP contribution in [0.1, 0.15) is 46.5 Å². The van der Waals surface area contributed by atoms with Gasteiger partial charge in [0.15, 0.2) is 6.61 Å². The summed E-state index contributed by atoms with van der Waals surface area (Å²) in [6.07, 6.45) is 3.70. The normalized spacial score (nSPS) is 20.8. The van der Waals surface area contributed by atoms with Crippen LogP contribution in [0.2, 0.25) is 10.0 Å². The van der Waals surface area contributed by atoms with Crippen molar-refractivity contribution in [3.05, 3.63) is 28.2 Å². The number of hydrogen-bond acceptors (Lipinski definition) is 3. The third-order valence-corrected chi connectivity index (χ3v) is 5.21. The van der Waals surface area contributed by atoms with E-state index in [1.165, 1.54) is 0 Å². The van der Waals surface area contributed by atoms with Crippen LogP contribution < -0.4 is 5.32 Å². The average Bonchev–Trinajstić information content (AvgIpc) is 2.51. The number of benzene rings is 1. The van der Waals surface area contributed by atoms with E-state index in [-0.39, 0.29) is 23.9 Å². The van der Waals surface area contributed by atoms with Crippen LogP contribution in [0.4, 0.5) is 5.69 Å². The van der Waals surface area contributed by atoms with Gasteiger partial charge in [-0.25, -0.2) is 0 Å². The van der Waals surface area contributed by atoms with Gasteiger partial charge in [-0.15, -0.1) is 0 Å². The van der Waals surface area contributed by atoms with Gasteiger partial charge in [0.1, 0.15) is 0 Å². The number of amides is 1. The highest BCUT2D eigenvalue weighted by molar-refractivity contribution is 6.35. The highest BCUT2D eigenvalue weighted by Crippen LogP contribution is 2.40. The Hall–Kier alpha value is -1.26. The number of anilines is 1. The molecule has 0 unspecified atom stereocenters. The summed E-state index contributed by atoms with van der Waals surface area (Å²) in [6, 6.07) is 4.74. The van der Waals surface area contributed by atoms with Gasteiger partial charge in [-0.05, 0) is 55.2 Å². The van der Waals surface area contributed by atoms with Crippen LogP contribution in [0.5, 0.6) is 0 Å². The first-order chi connectivity index (χ1) is 11.6. The number of esters is 1. The molecular weight excluding hydrogens is 361 g/mol. The minimum absolute atomic E-state index is 0.105. The first-order valence-corrected chi connectivity index (χ1v) is 9.33. The van der Waals surface area contributed by atoms with E-state index in [0.717, 1.165) is 25.7 Å². The molecule has 1 aliphatic rings. The van der Waals surface area contributed by atoms with Crippen molar-refractivity contribution in [3.8, 4) is 0 Å². The molecule has 6 heteroatoms. The molecule has 0 saturated heterocycles. The number of rotatable bonds is 4. The molecule has 1 aliphatic carbocycles. The van der Waals surface area contributed by atoms with Gasteiger partial charge in [-0.1, -0.05) is 44.0 Å². The molecule has 1 fully saturated rings. The van der Waals surface area contributed by atoms with Crippen molar-refractivity contribution in [1.82, 2.24) is 0 Å². The molecule has 1 aromatic carbocycles. The number of ether oxygens (including phenoxy) is 1. The highest BCUT2D eigenvalue weighted by Gasteiger charge is 2.33. The molecule has 1 N–H and O–H groups in total. The second-order valence-electron chi connectivity index (χ2n) is 7.73. The number of halogens is 2. The first kappa shape index (κ1) is 20.1. The summed E-state index contributed by atoms with van der Waals surface area (Å²) < 4.78 is 5.18. The van der Waals surface area contributed by atoms with E-state index in [9.17, 15) is 9.59 Å². The maximum Gasteiger partial charge on any atom is 0.309 e. The Kier molecular flexibility index (Phi) is 6.75. The molecule has 0 radical (unpaired) electrons. The third kappa shape index (κ3) is 6.19. The fourth-order valence-corrected chi connectivity index (χ4v) is 3.80. The molecule has 0 aliphatic heterocycles. The SMILES string of the molecule is CC(C)(C)C1CCC(C(=O)OCC(=O)Nc2cc(Cl)cc(Cl)c2)CC1. The number of nitrogens with one attached hydrogen (secondary N) is 1. The Balaban J connectivity index is 1.77. The zero-order valence-electron chi connectivity index (χ0n) is 14.9. The Morgan fingerprint density at radius 3 is 2.16 bits per heavy atom. The maximum atomic E-state index is 12.2. The van der Waals surface area contributed by atoms with Crippen LogP contribution in [0.25, 0.3) is 0 Å². The number of carbonyl (C=O) groups excluding carboxylic acids is 2. The van der Waals surface area contributed by atoms with Crippen LogP contribution in [0, 0.1) is 17.3 Å². The topological polar surface area (TPSA) is 55.4 Å². The van der Waals surface area contributed by atoms with E-state index in [0.29, 0.717) is 21.7 Å². The smallest absolute Gasteiger partial charge is 0.309 e. The maximum absolute atomic E-state index is 12.2. The Labute approximate surface area is 159 Å². The lowest BCUT2D eigenvalue weighted by Gasteiger charge is -2.36. The van der Waals surface area contributed by atoms with Gasteiger partial charge in [0.2, 0.25) is 0 Å². The lowest BCUT2D eigenvalue weighted by atomic mass is 9.70. The molecule has 0 bridgehead atoms. The highest BCUT2D eigenvalue weighted by atomic mass is 35.5. The van der Waals surface area contributed by atoms with Crippen LogP contribution in [0.3, 0.4) is 0 Å². The van der Waals surface area contributed by atoms with Gasteiger partial charge >= 0.3 is 5.97 Å². The first-order valence-electron chi connectivity index (χ1n) is 8.57. The molecule has 0 atom stereocenters. The van der Waals surface area contributed by atoms with E-state index in [1.54, 1.807) is 18.2 Å². The quantitative estimate of drug-likeness (QED) is 0.712. The second-order valence-corrected chi connectivity index (χ2v) is 8.60. The average molecular weight is 386 g/mol. The summed E-state index contributed by atoms with van der Waals surface area (Å²) in [6.45, 7) is 6.41. The van der Waals surface area contributed by atoms with Crippen molar-refractivity contribution >= 4 is 40.8 Å². The summed E-state index contributed by atoms with van der Waals surface area (Å²) >= 11 is 11.8. The van der Waals surface area contributed by atoms with Crippen LogP contribution >= 0.6 is 23.2 Å². The summed E-state index contributed by atoms with van der Waals surface area (Å²) in [7, 11) is 0. The van der Waals surface area contributed by atoms with E-state index in [4.69, 9.17) is 27.9 Å². The largest absolute Gasteiger partial charge is 0.455 e. The fourth-order valence-electron chi connectivity index (χ4n) is 3.27. The van der Waals surface area contributed by atoms with Crippen LogP contribution in [0.15, 0.2) is 18.2 Å².